The van der Waals surface area contributed by atoms with E-state index in [4.69, 9.17) is 0 Å². The largest absolute Gasteiger partial charge is 0.314 e. The van der Waals surface area contributed by atoms with Crippen LogP contribution in [0.1, 0.15) is 32.3 Å². The van der Waals surface area contributed by atoms with Gasteiger partial charge in [-0.05, 0) is 56.0 Å². The third-order valence-electron chi connectivity index (χ3n) is 4.28. The minimum atomic E-state index is -0.485. The molecule has 118 valence electrons. The zero-order chi connectivity index (χ0) is 15.2. The van der Waals surface area contributed by atoms with Crippen LogP contribution in [-0.2, 0) is 6.42 Å². The molecule has 21 heavy (non-hydrogen) atoms. The Balaban J connectivity index is 1.80. The molecular formula is C17H26F2N2. The quantitative estimate of drug-likeness (QED) is 0.867. The fraction of sp³-hybridized carbons (Fsp3) is 0.647. The molecule has 0 aromatic heterocycles. The van der Waals surface area contributed by atoms with E-state index in [2.05, 4.69) is 24.1 Å². The fourth-order valence-electron chi connectivity index (χ4n) is 3.11. The van der Waals surface area contributed by atoms with E-state index in [1.165, 1.54) is 12.1 Å². The van der Waals surface area contributed by atoms with Gasteiger partial charge in [0.1, 0.15) is 11.6 Å². The zero-order valence-electron chi connectivity index (χ0n) is 13.0. The van der Waals surface area contributed by atoms with Crippen LogP contribution in [-0.4, -0.2) is 37.1 Å². The van der Waals surface area contributed by atoms with E-state index in [9.17, 15) is 8.78 Å². The van der Waals surface area contributed by atoms with Crippen LogP contribution in [0.25, 0.3) is 0 Å². The van der Waals surface area contributed by atoms with Crippen molar-refractivity contribution < 1.29 is 8.78 Å². The molecule has 0 amide bonds. The second-order valence-electron chi connectivity index (χ2n) is 6.15. The molecule has 0 radical (unpaired) electrons. The normalized spacial score (nSPS) is 23.4. The highest BCUT2D eigenvalue weighted by Crippen LogP contribution is 2.17. The van der Waals surface area contributed by atoms with Gasteiger partial charge >= 0.3 is 0 Å². The Morgan fingerprint density at radius 2 is 1.95 bits per heavy atom. The van der Waals surface area contributed by atoms with Crippen LogP contribution in [0.15, 0.2) is 18.2 Å². The zero-order valence-corrected chi connectivity index (χ0v) is 13.0. The lowest BCUT2D eigenvalue weighted by atomic mass is 9.93. The molecule has 0 saturated carbocycles. The molecular weight excluding hydrogens is 270 g/mol. The van der Waals surface area contributed by atoms with Gasteiger partial charge in [-0.15, -0.1) is 0 Å². The maximum absolute atomic E-state index is 13.2. The van der Waals surface area contributed by atoms with Crippen molar-refractivity contribution >= 4 is 0 Å². The Morgan fingerprint density at radius 1 is 1.24 bits per heavy atom. The summed E-state index contributed by atoms with van der Waals surface area (Å²) in [6, 6.07) is 4.40. The van der Waals surface area contributed by atoms with Crippen molar-refractivity contribution in [2.75, 3.05) is 26.2 Å². The summed E-state index contributed by atoms with van der Waals surface area (Å²) in [6.07, 6.45) is 3.02. The Bertz CT molecular complexity index is 430. The van der Waals surface area contributed by atoms with Crippen molar-refractivity contribution in [1.29, 1.82) is 0 Å². The molecule has 1 N–H and O–H groups in total. The second kappa shape index (κ2) is 7.85. The van der Waals surface area contributed by atoms with E-state index >= 15 is 0 Å². The number of nitrogens with zero attached hydrogens (tertiary/aromatic N) is 1. The molecule has 0 bridgehead atoms. The van der Waals surface area contributed by atoms with Crippen LogP contribution in [0.3, 0.4) is 0 Å². The van der Waals surface area contributed by atoms with Gasteiger partial charge in [0, 0.05) is 25.2 Å². The molecule has 1 heterocycles. The number of hydrogen-bond acceptors (Lipinski definition) is 2. The number of rotatable bonds is 6. The monoisotopic (exact) mass is 296 g/mol. The number of likely N-dealkylation sites (tertiary alicyclic amines) is 1. The van der Waals surface area contributed by atoms with E-state index in [0.717, 1.165) is 50.7 Å². The topological polar surface area (TPSA) is 15.3 Å². The van der Waals surface area contributed by atoms with Crippen molar-refractivity contribution in [1.82, 2.24) is 10.2 Å². The van der Waals surface area contributed by atoms with Gasteiger partial charge in [-0.3, -0.25) is 0 Å². The summed E-state index contributed by atoms with van der Waals surface area (Å²) in [6.45, 7) is 8.53. The average molecular weight is 296 g/mol. The predicted octanol–water partition coefficient (Wildman–Crippen LogP) is 3.22. The van der Waals surface area contributed by atoms with Gasteiger partial charge in [0.15, 0.2) is 0 Å². The molecule has 4 heteroatoms. The van der Waals surface area contributed by atoms with Gasteiger partial charge in [0.25, 0.3) is 0 Å². The molecule has 2 atom stereocenters. The number of benzene rings is 1. The fourth-order valence-corrected chi connectivity index (χ4v) is 3.11. The first-order valence-corrected chi connectivity index (χ1v) is 7.99. The number of nitrogens with one attached hydrogen (secondary N) is 1. The Hall–Kier alpha value is -1.00. The Morgan fingerprint density at radius 3 is 2.57 bits per heavy atom. The minimum Gasteiger partial charge on any atom is -0.314 e. The van der Waals surface area contributed by atoms with Gasteiger partial charge < -0.3 is 10.2 Å². The van der Waals surface area contributed by atoms with Crippen molar-refractivity contribution in [3.8, 4) is 0 Å². The number of hydrogen-bond donors (Lipinski definition) is 1. The van der Waals surface area contributed by atoms with Crippen molar-refractivity contribution in [3.05, 3.63) is 35.4 Å². The van der Waals surface area contributed by atoms with Crippen molar-refractivity contribution in [2.24, 2.45) is 5.92 Å². The maximum Gasteiger partial charge on any atom is 0.126 e. The molecule has 1 aromatic rings. The second-order valence-corrected chi connectivity index (χ2v) is 6.15. The van der Waals surface area contributed by atoms with E-state index in [1.54, 1.807) is 0 Å². The summed E-state index contributed by atoms with van der Waals surface area (Å²) < 4.78 is 26.3. The maximum atomic E-state index is 13.2. The van der Waals surface area contributed by atoms with E-state index in [-0.39, 0.29) is 0 Å². The molecule has 2 unspecified atom stereocenters. The summed E-state index contributed by atoms with van der Waals surface area (Å²) in [5.41, 5.74) is 0.742. The molecule has 2 rings (SSSR count). The average Bonchev–Trinajstić information content (AvgIpc) is 2.43. The first-order valence-electron chi connectivity index (χ1n) is 7.99. The van der Waals surface area contributed by atoms with Crippen LogP contribution in [0, 0.1) is 17.6 Å². The molecule has 1 aliphatic heterocycles. The molecule has 1 aliphatic rings. The van der Waals surface area contributed by atoms with Crippen LogP contribution < -0.4 is 5.32 Å². The van der Waals surface area contributed by atoms with Gasteiger partial charge in [-0.2, -0.15) is 0 Å². The molecule has 0 spiro atoms. The van der Waals surface area contributed by atoms with Crippen LogP contribution in [0.4, 0.5) is 8.78 Å². The summed E-state index contributed by atoms with van der Waals surface area (Å²) in [5, 5.41) is 3.60. The molecule has 1 aromatic carbocycles. The van der Waals surface area contributed by atoms with Gasteiger partial charge in [-0.25, -0.2) is 8.78 Å². The van der Waals surface area contributed by atoms with Gasteiger partial charge in [0.2, 0.25) is 0 Å². The van der Waals surface area contributed by atoms with E-state index in [0.29, 0.717) is 18.4 Å². The third-order valence-corrected chi connectivity index (χ3v) is 4.28. The summed E-state index contributed by atoms with van der Waals surface area (Å²) in [7, 11) is 0. The van der Waals surface area contributed by atoms with Crippen molar-refractivity contribution in [2.45, 2.75) is 39.2 Å². The van der Waals surface area contributed by atoms with E-state index < -0.39 is 11.6 Å². The summed E-state index contributed by atoms with van der Waals surface area (Å²) in [4.78, 5) is 2.40. The highest BCUT2D eigenvalue weighted by Gasteiger charge is 2.25. The lowest BCUT2D eigenvalue weighted by Crippen LogP contribution is -2.48. The highest BCUT2D eigenvalue weighted by atomic mass is 19.1. The highest BCUT2D eigenvalue weighted by molar-refractivity contribution is 5.18. The molecule has 1 saturated heterocycles. The van der Waals surface area contributed by atoms with Gasteiger partial charge in [-0.1, -0.05) is 13.8 Å². The van der Waals surface area contributed by atoms with Crippen molar-refractivity contribution in [3.63, 3.8) is 0 Å². The standard InChI is InChI=1S/C17H26F2N2/c1-3-6-20-17-5-8-21(12-13(17)2)7-4-14-9-15(18)11-16(19)10-14/h9-11,13,17,20H,3-8,12H2,1-2H3. The van der Waals surface area contributed by atoms with Crippen LogP contribution >= 0.6 is 0 Å². The molecule has 0 aliphatic carbocycles. The van der Waals surface area contributed by atoms with Crippen LogP contribution in [0.2, 0.25) is 0 Å². The minimum absolute atomic E-state index is 0.485. The predicted molar refractivity (Wildman–Crippen MR) is 82.4 cm³/mol. The molecule has 1 fully saturated rings. The SMILES string of the molecule is CCCNC1CCN(CCc2cc(F)cc(F)c2)CC1C. The Labute approximate surface area is 126 Å². The third kappa shape index (κ3) is 5.04. The lowest BCUT2D eigenvalue weighted by Gasteiger charge is -2.37. The Kier molecular flexibility index (Phi) is 6.12. The van der Waals surface area contributed by atoms with E-state index in [1.807, 2.05) is 0 Å². The lowest BCUT2D eigenvalue weighted by molar-refractivity contribution is 0.149. The smallest absolute Gasteiger partial charge is 0.126 e. The molecule has 2 nitrogen and oxygen atoms in total. The van der Waals surface area contributed by atoms with Gasteiger partial charge in [0.05, 0.1) is 0 Å². The number of piperidine rings is 1. The summed E-state index contributed by atoms with van der Waals surface area (Å²) in [5.74, 6) is -0.351. The number of halogens is 2. The first-order chi connectivity index (χ1) is 10.1. The van der Waals surface area contributed by atoms with Crippen LogP contribution in [0.5, 0.6) is 0 Å². The summed E-state index contributed by atoms with van der Waals surface area (Å²) >= 11 is 0. The first kappa shape index (κ1) is 16.4.